The Morgan fingerprint density at radius 1 is 1.05 bits per heavy atom. The Morgan fingerprint density at radius 3 is 2.45 bits per heavy atom. The average Bonchev–Trinajstić information content (AvgIpc) is 3.55. The van der Waals surface area contributed by atoms with Crippen molar-refractivity contribution in [3.05, 3.63) is 23.8 Å². The van der Waals surface area contributed by atoms with Crippen molar-refractivity contribution in [3.63, 3.8) is 0 Å². The molecule has 1 aromatic carbocycles. The van der Waals surface area contributed by atoms with Crippen molar-refractivity contribution in [1.82, 2.24) is 19.4 Å². The normalized spacial score (nSPS) is 18.6. The molecule has 2 aliphatic rings. The number of imidazole rings is 1. The zero-order valence-corrected chi connectivity index (χ0v) is 24.4. The van der Waals surface area contributed by atoms with E-state index in [9.17, 15) is 4.79 Å². The van der Waals surface area contributed by atoms with Crippen molar-refractivity contribution < 1.29 is 9.53 Å². The van der Waals surface area contributed by atoms with E-state index >= 15 is 0 Å². The summed E-state index contributed by atoms with van der Waals surface area (Å²) in [7, 11) is 0. The highest BCUT2D eigenvalue weighted by Gasteiger charge is 2.21. The minimum absolute atomic E-state index is 0.142. The largest absolute Gasteiger partial charge is 0.376 e. The number of hydrogen-bond acceptors (Lipinski definition) is 5. The van der Waals surface area contributed by atoms with Crippen LogP contribution < -0.4 is 5.32 Å². The van der Waals surface area contributed by atoms with Crippen molar-refractivity contribution in [2.75, 3.05) is 51.2 Å². The third kappa shape index (κ3) is 8.19. The Morgan fingerprint density at radius 2 is 1.79 bits per heavy atom. The summed E-state index contributed by atoms with van der Waals surface area (Å²) in [6.45, 7) is 16.6. The van der Waals surface area contributed by atoms with Gasteiger partial charge in [-0.15, -0.1) is 0 Å². The second kappa shape index (κ2) is 14.3. The molecule has 7 nitrogen and oxygen atoms in total. The predicted molar refractivity (Wildman–Crippen MR) is 157 cm³/mol. The Balaban J connectivity index is 1.54. The third-order valence-corrected chi connectivity index (χ3v) is 8.05. The maximum Gasteiger partial charge on any atom is 0.253 e. The maximum atomic E-state index is 13.7. The third-order valence-electron chi connectivity index (χ3n) is 8.05. The molecule has 2 fully saturated rings. The van der Waals surface area contributed by atoms with Gasteiger partial charge in [0.2, 0.25) is 5.95 Å². The van der Waals surface area contributed by atoms with Crippen LogP contribution in [-0.2, 0) is 11.3 Å². The second-order valence-corrected chi connectivity index (χ2v) is 12.2. The average molecular weight is 526 g/mol. The van der Waals surface area contributed by atoms with Gasteiger partial charge in [-0.2, -0.15) is 0 Å². The molecule has 2 aliphatic heterocycles. The summed E-state index contributed by atoms with van der Waals surface area (Å²) in [6.07, 6.45) is 9.61. The Kier molecular flexibility index (Phi) is 10.9. The number of nitrogens with one attached hydrogen (secondary N) is 1. The van der Waals surface area contributed by atoms with Gasteiger partial charge in [0.05, 0.1) is 17.1 Å². The van der Waals surface area contributed by atoms with Gasteiger partial charge in [0.1, 0.15) is 0 Å². The van der Waals surface area contributed by atoms with E-state index < -0.39 is 0 Å². The number of nitrogens with zero attached hydrogens (tertiary/aromatic N) is 4. The van der Waals surface area contributed by atoms with Crippen LogP contribution in [0.5, 0.6) is 0 Å². The maximum absolute atomic E-state index is 13.7. The molecule has 3 heterocycles. The van der Waals surface area contributed by atoms with Gasteiger partial charge in [0.15, 0.2) is 0 Å². The van der Waals surface area contributed by atoms with Crippen LogP contribution in [0.1, 0.15) is 89.4 Å². The highest BCUT2D eigenvalue weighted by Crippen LogP contribution is 2.24. The molecular formula is C31H51N5O2. The number of fused-ring (bicyclic) bond motifs is 1. The number of aryl methyl sites for hydroxylation is 1. The summed E-state index contributed by atoms with van der Waals surface area (Å²) >= 11 is 0. The van der Waals surface area contributed by atoms with Gasteiger partial charge in [0.25, 0.3) is 5.91 Å². The standard InChI is InChI=1S/C31H51N5O2/c1-24(2)13-19-35(20-14-25(3)4)30(37)26-11-12-28-29(22-26)36(18-9-17-34-15-6-5-7-16-34)31(33-28)32-23-27-10-8-21-38-27/h11-12,22,24-25,27H,5-10,13-21,23H2,1-4H3,(H,32,33). The van der Waals surface area contributed by atoms with Crippen LogP contribution in [0.2, 0.25) is 0 Å². The summed E-state index contributed by atoms with van der Waals surface area (Å²) in [4.78, 5) is 23.3. The SMILES string of the molecule is CC(C)CCN(CCC(C)C)C(=O)c1ccc2nc(NCC3CCCO3)n(CCCN3CCCCC3)c2c1. The molecule has 0 radical (unpaired) electrons. The minimum Gasteiger partial charge on any atom is -0.376 e. The van der Waals surface area contributed by atoms with Crippen molar-refractivity contribution >= 4 is 22.9 Å². The molecule has 212 valence electrons. The number of anilines is 1. The molecule has 1 aromatic heterocycles. The number of likely N-dealkylation sites (tertiary alicyclic amines) is 1. The number of carbonyl (C=O) groups excluding carboxylic acids is 1. The number of ether oxygens (including phenoxy) is 1. The molecular weight excluding hydrogens is 474 g/mol. The lowest BCUT2D eigenvalue weighted by Gasteiger charge is -2.26. The quantitative estimate of drug-likeness (QED) is 0.326. The van der Waals surface area contributed by atoms with Gasteiger partial charge in [-0.1, -0.05) is 34.1 Å². The lowest BCUT2D eigenvalue weighted by molar-refractivity contribution is 0.0741. The van der Waals surface area contributed by atoms with E-state index in [1.54, 1.807) is 0 Å². The van der Waals surface area contributed by atoms with Gasteiger partial charge in [0, 0.05) is 38.3 Å². The molecule has 1 N–H and O–H groups in total. The first-order valence-electron chi connectivity index (χ1n) is 15.3. The lowest BCUT2D eigenvalue weighted by atomic mass is 10.1. The van der Waals surface area contributed by atoms with Crippen LogP contribution in [0.4, 0.5) is 5.95 Å². The molecule has 1 amide bonds. The minimum atomic E-state index is 0.142. The lowest BCUT2D eigenvalue weighted by Crippen LogP contribution is -2.34. The number of hydrogen-bond donors (Lipinski definition) is 1. The van der Waals surface area contributed by atoms with Crippen molar-refractivity contribution in [1.29, 1.82) is 0 Å². The number of amides is 1. The number of benzene rings is 1. The molecule has 0 aliphatic carbocycles. The fourth-order valence-electron chi connectivity index (χ4n) is 5.59. The van der Waals surface area contributed by atoms with E-state index in [0.717, 1.165) is 94.0 Å². The highest BCUT2D eigenvalue weighted by molar-refractivity contribution is 5.97. The van der Waals surface area contributed by atoms with Crippen LogP contribution >= 0.6 is 0 Å². The summed E-state index contributed by atoms with van der Waals surface area (Å²) < 4.78 is 8.15. The Labute approximate surface area is 230 Å². The van der Waals surface area contributed by atoms with Gasteiger partial charge in [-0.05, 0) is 94.6 Å². The second-order valence-electron chi connectivity index (χ2n) is 12.2. The molecule has 4 rings (SSSR count). The predicted octanol–water partition coefficient (Wildman–Crippen LogP) is 6.04. The molecule has 0 saturated carbocycles. The molecule has 1 atom stereocenters. The zero-order valence-electron chi connectivity index (χ0n) is 24.4. The summed E-state index contributed by atoms with van der Waals surface area (Å²) in [5.74, 6) is 2.19. The molecule has 0 spiro atoms. The highest BCUT2D eigenvalue weighted by atomic mass is 16.5. The molecule has 2 aromatic rings. The van der Waals surface area contributed by atoms with Gasteiger partial charge in [-0.25, -0.2) is 4.98 Å². The van der Waals surface area contributed by atoms with Crippen molar-refractivity contribution in [2.45, 2.75) is 91.7 Å². The van der Waals surface area contributed by atoms with E-state index in [1.165, 1.54) is 32.4 Å². The Hall–Kier alpha value is -2.12. The first-order chi connectivity index (χ1) is 18.4. The molecule has 1 unspecified atom stereocenters. The van der Waals surface area contributed by atoms with E-state index in [-0.39, 0.29) is 12.0 Å². The van der Waals surface area contributed by atoms with Crippen LogP contribution in [0.3, 0.4) is 0 Å². The van der Waals surface area contributed by atoms with Crippen LogP contribution in [-0.4, -0.2) is 77.2 Å². The van der Waals surface area contributed by atoms with E-state index in [2.05, 4.69) is 53.4 Å². The van der Waals surface area contributed by atoms with Crippen LogP contribution in [0.15, 0.2) is 18.2 Å². The zero-order chi connectivity index (χ0) is 26.9. The first-order valence-corrected chi connectivity index (χ1v) is 15.3. The van der Waals surface area contributed by atoms with Gasteiger partial charge in [-0.3, -0.25) is 4.79 Å². The van der Waals surface area contributed by atoms with E-state index in [0.29, 0.717) is 11.8 Å². The van der Waals surface area contributed by atoms with E-state index in [4.69, 9.17) is 9.72 Å². The fourth-order valence-corrected chi connectivity index (χ4v) is 5.59. The summed E-state index contributed by atoms with van der Waals surface area (Å²) in [6, 6.07) is 6.09. The van der Waals surface area contributed by atoms with Gasteiger partial charge >= 0.3 is 0 Å². The fraction of sp³-hybridized carbons (Fsp3) is 0.742. The number of rotatable bonds is 14. The first kappa shape index (κ1) is 28.9. The molecule has 0 bridgehead atoms. The van der Waals surface area contributed by atoms with Crippen molar-refractivity contribution in [2.24, 2.45) is 11.8 Å². The monoisotopic (exact) mass is 525 g/mol. The topological polar surface area (TPSA) is 62.6 Å². The number of piperidine rings is 1. The summed E-state index contributed by atoms with van der Waals surface area (Å²) in [5, 5.41) is 3.59. The number of carbonyl (C=O) groups is 1. The Bertz CT molecular complexity index is 993. The molecule has 7 heteroatoms. The summed E-state index contributed by atoms with van der Waals surface area (Å²) in [5.41, 5.74) is 2.77. The van der Waals surface area contributed by atoms with E-state index in [1.807, 2.05) is 12.1 Å². The molecule has 2 saturated heterocycles. The smallest absolute Gasteiger partial charge is 0.253 e. The van der Waals surface area contributed by atoms with Crippen LogP contribution in [0, 0.1) is 11.8 Å². The number of aromatic nitrogens is 2. The molecule has 38 heavy (non-hydrogen) atoms. The van der Waals surface area contributed by atoms with Gasteiger partial charge < -0.3 is 24.4 Å². The van der Waals surface area contributed by atoms with Crippen LogP contribution in [0.25, 0.3) is 11.0 Å². The van der Waals surface area contributed by atoms with Crippen molar-refractivity contribution in [3.8, 4) is 0 Å².